The van der Waals surface area contributed by atoms with Crippen LogP contribution in [0.5, 0.6) is 0 Å². The SMILES string of the molecule is O=C(O)c1ccc(-c2cc3c(=O)oc4ccc(Br)cc4c3s2)cc1. The molecule has 4 rings (SSSR count). The van der Waals surface area contributed by atoms with Crippen LogP contribution in [0.2, 0.25) is 0 Å². The molecule has 4 nitrogen and oxygen atoms in total. The lowest BCUT2D eigenvalue weighted by Gasteiger charge is -1.99. The van der Waals surface area contributed by atoms with Crippen molar-refractivity contribution in [3.8, 4) is 10.4 Å². The van der Waals surface area contributed by atoms with Crippen molar-refractivity contribution in [3.05, 3.63) is 69.0 Å². The summed E-state index contributed by atoms with van der Waals surface area (Å²) in [6, 6.07) is 13.9. The number of aromatic carboxylic acids is 1. The van der Waals surface area contributed by atoms with Crippen molar-refractivity contribution >= 4 is 54.3 Å². The molecule has 0 unspecified atom stereocenters. The smallest absolute Gasteiger partial charge is 0.345 e. The van der Waals surface area contributed by atoms with Crippen LogP contribution in [-0.4, -0.2) is 11.1 Å². The molecule has 6 heteroatoms. The average molecular weight is 401 g/mol. The first-order valence-electron chi connectivity index (χ1n) is 7.02. The number of halogens is 1. The van der Waals surface area contributed by atoms with E-state index in [0.29, 0.717) is 11.0 Å². The Hall–Kier alpha value is -2.44. The lowest BCUT2D eigenvalue weighted by atomic mass is 10.1. The predicted molar refractivity (Wildman–Crippen MR) is 98.0 cm³/mol. The molecule has 2 aromatic carbocycles. The molecule has 0 fully saturated rings. The molecule has 24 heavy (non-hydrogen) atoms. The van der Waals surface area contributed by atoms with Gasteiger partial charge in [-0.2, -0.15) is 0 Å². The number of fused-ring (bicyclic) bond motifs is 3. The van der Waals surface area contributed by atoms with E-state index in [-0.39, 0.29) is 11.2 Å². The zero-order chi connectivity index (χ0) is 16.8. The Morgan fingerprint density at radius 2 is 1.79 bits per heavy atom. The van der Waals surface area contributed by atoms with Crippen LogP contribution in [0, 0.1) is 0 Å². The summed E-state index contributed by atoms with van der Waals surface area (Å²) in [5.74, 6) is -0.964. The lowest BCUT2D eigenvalue weighted by Crippen LogP contribution is -1.97. The van der Waals surface area contributed by atoms with Gasteiger partial charge in [-0.15, -0.1) is 11.3 Å². The van der Waals surface area contributed by atoms with Gasteiger partial charge >= 0.3 is 11.6 Å². The van der Waals surface area contributed by atoms with Crippen LogP contribution in [0.1, 0.15) is 10.4 Å². The second kappa shape index (κ2) is 5.58. The van der Waals surface area contributed by atoms with Crippen LogP contribution < -0.4 is 5.63 Å². The maximum absolute atomic E-state index is 12.2. The van der Waals surface area contributed by atoms with Crippen LogP contribution in [0.4, 0.5) is 0 Å². The number of carboxylic acid groups (broad SMARTS) is 1. The van der Waals surface area contributed by atoms with Crippen molar-refractivity contribution in [1.82, 2.24) is 0 Å². The third-order valence-corrected chi connectivity index (χ3v) is 5.47. The minimum absolute atomic E-state index is 0.230. The molecule has 0 atom stereocenters. The van der Waals surface area contributed by atoms with Crippen molar-refractivity contribution in [2.75, 3.05) is 0 Å². The fraction of sp³-hybridized carbons (Fsp3) is 0. The molecule has 1 N–H and O–H groups in total. The predicted octanol–water partition coefficient (Wildman–Crippen LogP) is 5.14. The number of carboxylic acids is 1. The van der Waals surface area contributed by atoms with Gasteiger partial charge in [0.05, 0.1) is 15.6 Å². The molecular weight excluding hydrogens is 392 g/mol. The third-order valence-electron chi connectivity index (χ3n) is 3.76. The fourth-order valence-corrected chi connectivity index (χ4v) is 4.12. The summed E-state index contributed by atoms with van der Waals surface area (Å²) in [5, 5.41) is 10.4. The summed E-state index contributed by atoms with van der Waals surface area (Å²) in [6.45, 7) is 0. The van der Waals surface area contributed by atoms with Gasteiger partial charge in [0, 0.05) is 14.7 Å². The van der Waals surface area contributed by atoms with E-state index in [9.17, 15) is 9.59 Å². The summed E-state index contributed by atoms with van der Waals surface area (Å²) in [5.41, 5.74) is 1.27. The summed E-state index contributed by atoms with van der Waals surface area (Å²) >= 11 is 4.93. The van der Waals surface area contributed by atoms with E-state index in [4.69, 9.17) is 9.52 Å². The number of hydrogen-bond donors (Lipinski definition) is 1. The fourth-order valence-electron chi connectivity index (χ4n) is 2.59. The van der Waals surface area contributed by atoms with E-state index < -0.39 is 5.97 Å². The number of hydrogen-bond acceptors (Lipinski definition) is 4. The zero-order valence-electron chi connectivity index (χ0n) is 12.1. The van der Waals surface area contributed by atoms with Gasteiger partial charge in [-0.1, -0.05) is 28.1 Å². The number of benzene rings is 2. The van der Waals surface area contributed by atoms with Gasteiger partial charge in [0.2, 0.25) is 0 Å². The maximum Gasteiger partial charge on any atom is 0.345 e. The average Bonchev–Trinajstić information content (AvgIpc) is 3.02. The molecule has 0 spiro atoms. The Labute approximate surface area is 148 Å². The summed E-state index contributed by atoms with van der Waals surface area (Å²) in [7, 11) is 0. The van der Waals surface area contributed by atoms with Crippen LogP contribution in [0.15, 0.2) is 62.2 Å². The van der Waals surface area contributed by atoms with Crippen molar-refractivity contribution in [3.63, 3.8) is 0 Å². The van der Waals surface area contributed by atoms with Crippen LogP contribution in [-0.2, 0) is 0 Å². The van der Waals surface area contributed by atoms with E-state index in [1.165, 1.54) is 11.3 Å². The first-order chi connectivity index (χ1) is 11.5. The molecule has 0 bridgehead atoms. The van der Waals surface area contributed by atoms with Gasteiger partial charge in [0.1, 0.15) is 5.58 Å². The van der Waals surface area contributed by atoms with Crippen molar-refractivity contribution in [2.45, 2.75) is 0 Å². The highest BCUT2D eigenvalue weighted by atomic mass is 79.9. The highest BCUT2D eigenvalue weighted by Crippen LogP contribution is 2.36. The first-order valence-corrected chi connectivity index (χ1v) is 8.63. The van der Waals surface area contributed by atoms with Crippen molar-refractivity contribution in [1.29, 1.82) is 0 Å². The van der Waals surface area contributed by atoms with E-state index >= 15 is 0 Å². The van der Waals surface area contributed by atoms with Crippen LogP contribution in [0.25, 0.3) is 31.5 Å². The highest BCUT2D eigenvalue weighted by Gasteiger charge is 2.13. The highest BCUT2D eigenvalue weighted by molar-refractivity contribution is 9.10. The van der Waals surface area contributed by atoms with Crippen LogP contribution in [0.3, 0.4) is 0 Å². The molecule has 2 aromatic heterocycles. The van der Waals surface area contributed by atoms with Gasteiger partial charge in [0.15, 0.2) is 0 Å². The largest absolute Gasteiger partial charge is 0.478 e. The van der Waals surface area contributed by atoms with Gasteiger partial charge in [-0.05, 0) is 42.0 Å². The molecule has 0 aliphatic rings. The standard InChI is InChI=1S/C18H9BrO4S/c19-11-5-6-14-12(7-11)16-13(18(22)23-14)8-15(24-16)9-1-3-10(4-2-9)17(20)21/h1-8H,(H,20,21). The molecular formula is C18H9BrO4S. The molecule has 118 valence electrons. The molecule has 0 radical (unpaired) electrons. The van der Waals surface area contributed by atoms with Crippen molar-refractivity contribution < 1.29 is 14.3 Å². The Morgan fingerprint density at radius 3 is 2.50 bits per heavy atom. The third kappa shape index (κ3) is 2.44. The lowest BCUT2D eigenvalue weighted by molar-refractivity contribution is 0.0697. The molecule has 0 saturated heterocycles. The van der Waals surface area contributed by atoms with Gasteiger partial charge in [-0.3, -0.25) is 0 Å². The van der Waals surface area contributed by atoms with Crippen molar-refractivity contribution in [2.24, 2.45) is 0 Å². The number of rotatable bonds is 2. The second-order valence-corrected chi connectivity index (χ2v) is 7.23. The van der Waals surface area contributed by atoms with Gasteiger partial charge in [0.25, 0.3) is 0 Å². The molecule has 4 aromatic rings. The molecule has 0 aliphatic heterocycles. The molecule has 0 amide bonds. The first kappa shape index (κ1) is 15.1. The Bertz CT molecular complexity index is 1160. The van der Waals surface area contributed by atoms with E-state index in [1.807, 2.05) is 12.1 Å². The Morgan fingerprint density at radius 1 is 1.04 bits per heavy atom. The monoisotopic (exact) mass is 400 g/mol. The topological polar surface area (TPSA) is 67.5 Å². The molecule has 2 heterocycles. The minimum atomic E-state index is -0.964. The summed E-state index contributed by atoms with van der Waals surface area (Å²) < 4.78 is 7.15. The molecule has 0 saturated carbocycles. The quantitative estimate of drug-likeness (QED) is 0.473. The second-order valence-electron chi connectivity index (χ2n) is 5.27. The Balaban J connectivity index is 1.96. The Kier molecular flexibility index (Phi) is 3.51. The van der Waals surface area contributed by atoms with E-state index in [0.717, 1.165) is 25.0 Å². The maximum atomic E-state index is 12.2. The van der Waals surface area contributed by atoms with Gasteiger partial charge in [-0.25, -0.2) is 9.59 Å². The number of carbonyl (C=O) groups is 1. The minimum Gasteiger partial charge on any atom is -0.478 e. The normalized spacial score (nSPS) is 11.2. The van der Waals surface area contributed by atoms with Crippen LogP contribution >= 0.6 is 27.3 Å². The zero-order valence-corrected chi connectivity index (χ0v) is 14.5. The summed E-state index contributed by atoms with van der Waals surface area (Å²) in [6.07, 6.45) is 0. The van der Waals surface area contributed by atoms with Gasteiger partial charge < -0.3 is 9.52 Å². The van der Waals surface area contributed by atoms with E-state index in [1.54, 1.807) is 36.4 Å². The molecule has 0 aliphatic carbocycles. The summed E-state index contributed by atoms with van der Waals surface area (Å²) in [4.78, 5) is 24.1. The number of thiophene rings is 1. The van der Waals surface area contributed by atoms with E-state index in [2.05, 4.69) is 15.9 Å².